The maximum absolute atomic E-state index is 10.4. The minimum absolute atomic E-state index is 0.788. The van der Waals surface area contributed by atoms with E-state index in [0.29, 0.717) is 0 Å². The molecule has 0 radical (unpaired) electrons. The van der Waals surface area contributed by atoms with Crippen molar-refractivity contribution in [3.63, 3.8) is 0 Å². The zero-order chi connectivity index (χ0) is 8.69. The summed E-state index contributed by atoms with van der Waals surface area (Å²) in [5.74, 6) is 0. The molecular weight excluding hydrogens is 272 g/mol. The van der Waals surface area contributed by atoms with Crippen LogP contribution in [0.5, 0.6) is 0 Å². The van der Waals surface area contributed by atoms with E-state index in [0.717, 1.165) is 28.1 Å². The van der Waals surface area contributed by atoms with Crippen LogP contribution in [0.15, 0.2) is 8.96 Å². The summed E-state index contributed by atoms with van der Waals surface area (Å²) in [5.41, 5.74) is 0.818. The number of halogens is 2. The van der Waals surface area contributed by atoms with Crippen molar-refractivity contribution < 1.29 is 4.79 Å². The van der Waals surface area contributed by atoms with Crippen LogP contribution >= 0.6 is 31.9 Å². The van der Waals surface area contributed by atoms with Gasteiger partial charge in [-0.1, -0.05) is 19.8 Å². The van der Waals surface area contributed by atoms with Gasteiger partial charge in [0.1, 0.15) is 6.29 Å². The van der Waals surface area contributed by atoms with Crippen LogP contribution in [0.2, 0.25) is 0 Å². The van der Waals surface area contributed by atoms with Gasteiger partial charge >= 0.3 is 0 Å². The highest BCUT2D eigenvalue weighted by atomic mass is 79.9. The molecule has 0 bridgehead atoms. The fourth-order valence-corrected chi connectivity index (χ4v) is 1.35. The Hall–Kier alpha value is 0.370. The average molecular weight is 284 g/mol. The molecule has 0 saturated heterocycles. The van der Waals surface area contributed by atoms with Crippen molar-refractivity contribution >= 4 is 38.1 Å². The number of hydrogen-bond donors (Lipinski definition) is 0. The van der Waals surface area contributed by atoms with Crippen molar-refractivity contribution in [1.82, 2.24) is 0 Å². The molecule has 0 unspecified atom stereocenters. The van der Waals surface area contributed by atoms with Crippen LogP contribution in [0.3, 0.4) is 0 Å². The lowest BCUT2D eigenvalue weighted by Crippen LogP contribution is -1.85. The van der Waals surface area contributed by atoms with Gasteiger partial charge in [-0.25, -0.2) is 0 Å². The summed E-state index contributed by atoms with van der Waals surface area (Å²) < 4.78 is 0.788. The average Bonchev–Trinajstić information content (AvgIpc) is 1.97. The Kier molecular flexibility index (Phi) is 7.28. The van der Waals surface area contributed by atoms with Crippen LogP contribution in [0.1, 0.15) is 32.6 Å². The SMILES string of the molecule is CCCCCC(C=O)=C(Br)Br. The van der Waals surface area contributed by atoms with E-state index >= 15 is 0 Å². The number of rotatable bonds is 5. The zero-order valence-electron chi connectivity index (χ0n) is 6.57. The number of unbranched alkanes of at least 4 members (excludes halogenated alkanes) is 2. The second kappa shape index (κ2) is 7.04. The summed E-state index contributed by atoms with van der Waals surface area (Å²) in [7, 11) is 0. The molecule has 0 atom stereocenters. The summed E-state index contributed by atoms with van der Waals surface area (Å²) in [6, 6.07) is 0. The summed E-state index contributed by atoms with van der Waals surface area (Å²) in [4.78, 5) is 10.4. The fraction of sp³-hybridized carbons (Fsp3) is 0.625. The van der Waals surface area contributed by atoms with Crippen molar-refractivity contribution in [2.24, 2.45) is 0 Å². The summed E-state index contributed by atoms with van der Waals surface area (Å²) in [6.45, 7) is 2.15. The summed E-state index contributed by atoms with van der Waals surface area (Å²) >= 11 is 6.44. The molecule has 3 heteroatoms. The van der Waals surface area contributed by atoms with Crippen LogP contribution in [0.4, 0.5) is 0 Å². The first-order chi connectivity index (χ1) is 5.22. The minimum Gasteiger partial charge on any atom is -0.298 e. The molecule has 0 aliphatic rings. The molecule has 0 N–H and O–H groups in total. The standard InChI is InChI=1S/C8H12Br2O/c1-2-3-4-5-7(6-11)8(9)10/h6H,2-5H2,1H3. The van der Waals surface area contributed by atoms with Crippen molar-refractivity contribution in [1.29, 1.82) is 0 Å². The third kappa shape index (κ3) is 5.62. The van der Waals surface area contributed by atoms with Gasteiger partial charge in [0, 0.05) is 5.57 Å². The van der Waals surface area contributed by atoms with Crippen LogP contribution in [-0.4, -0.2) is 6.29 Å². The Morgan fingerprint density at radius 2 is 2.00 bits per heavy atom. The van der Waals surface area contributed by atoms with E-state index in [1.807, 2.05) is 0 Å². The fourth-order valence-electron chi connectivity index (χ4n) is 0.763. The van der Waals surface area contributed by atoms with E-state index < -0.39 is 0 Å². The van der Waals surface area contributed by atoms with Crippen LogP contribution in [0.25, 0.3) is 0 Å². The summed E-state index contributed by atoms with van der Waals surface area (Å²) in [6.07, 6.45) is 5.22. The van der Waals surface area contributed by atoms with Gasteiger partial charge in [-0.2, -0.15) is 0 Å². The number of allylic oxidation sites excluding steroid dienone is 1. The maximum atomic E-state index is 10.4. The van der Waals surface area contributed by atoms with Crippen molar-refractivity contribution in [2.75, 3.05) is 0 Å². The van der Waals surface area contributed by atoms with Crippen LogP contribution in [0, 0.1) is 0 Å². The molecule has 0 aromatic heterocycles. The minimum atomic E-state index is 0.788. The normalized spacial score (nSPS) is 9.36. The number of carbonyl (C=O) groups is 1. The molecule has 0 aliphatic heterocycles. The Labute approximate surface area is 84.5 Å². The first-order valence-electron chi connectivity index (χ1n) is 3.71. The Morgan fingerprint density at radius 1 is 1.36 bits per heavy atom. The van der Waals surface area contributed by atoms with E-state index in [1.165, 1.54) is 12.8 Å². The molecule has 64 valence electrons. The van der Waals surface area contributed by atoms with E-state index in [4.69, 9.17) is 0 Å². The van der Waals surface area contributed by atoms with Crippen LogP contribution in [-0.2, 0) is 4.79 Å². The van der Waals surface area contributed by atoms with E-state index in [1.54, 1.807) is 0 Å². The zero-order valence-corrected chi connectivity index (χ0v) is 9.74. The molecule has 0 saturated carbocycles. The van der Waals surface area contributed by atoms with E-state index in [9.17, 15) is 4.79 Å². The highest BCUT2D eigenvalue weighted by Crippen LogP contribution is 2.21. The predicted octanol–water partition coefficient (Wildman–Crippen LogP) is 3.77. The highest BCUT2D eigenvalue weighted by molar-refractivity contribution is 9.28. The Balaban J connectivity index is 3.72. The number of aldehydes is 1. The third-order valence-corrected chi connectivity index (χ3v) is 2.45. The first-order valence-corrected chi connectivity index (χ1v) is 5.30. The second-order valence-electron chi connectivity index (χ2n) is 2.36. The van der Waals surface area contributed by atoms with Gasteiger partial charge < -0.3 is 0 Å². The predicted molar refractivity (Wildman–Crippen MR) is 55.1 cm³/mol. The molecule has 0 spiro atoms. The molecule has 0 rings (SSSR count). The topological polar surface area (TPSA) is 17.1 Å². The molecular formula is C8H12Br2O. The highest BCUT2D eigenvalue weighted by Gasteiger charge is 1.99. The van der Waals surface area contributed by atoms with Crippen LogP contribution < -0.4 is 0 Å². The van der Waals surface area contributed by atoms with Gasteiger partial charge in [0.2, 0.25) is 0 Å². The summed E-state index contributed by atoms with van der Waals surface area (Å²) in [5, 5.41) is 0. The van der Waals surface area contributed by atoms with Gasteiger partial charge in [0.05, 0.1) is 3.39 Å². The monoisotopic (exact) mass is 282 g/mol. The van der Waals surface area contributed by atoms with Gasteiger partial charge in [-0.15, -0.1) is 0 Å². The van der Waals surface area contributed by atoms with Crippen molar-refractivity contribution in [3.8, 4) is 0 Å². The Morgan fingerprint density at radius 3 is 2.36 bits per heavy atom. The van der Waals surface area contributed by atoms with Crippen molar-refractivity contribution in [2.45, 2.75) is 32.6 Å². The first kappa shape index (κ1) is 11.4. The lowest BCUT2D eigenvalue weighted by molar-refractivity contribution is -0.105. The molecule has 1 nitrogen and oxygen atoms in total. The lowest BCUT2D eigenvalue weighted by atomic mass is 10.1. The second-order valence-corrected chi connectivity index (χ2v) is 5.01. The molecule has 0 aromatic carbocycles. The third-order valence-electron chi connectivity index (χ3n) is 1.43. The molecule has 0 heterocycles. The number of hydrogen-bond acceptors (Lipinski definition) is 1. The molecule has 11 heavy (non-hydrogen) atoms. The number of carbonyl (C=O) groups excluding carboxylic acids is 1. The van der Waals surface area contributed by atoms with Gasteiger partial charge in [0.15, 0.2) is 0 Å². The van der Waals surface area contributed by atoms with E-state index in [2.05, 4.69) is 38.8 Å². The van der Waals surface area contributed by atoms with Crippen molar-refractivity contribution in [3.05, 3.63) is 8.96 Å². The van der Waals surface area contributed by atoms with Gasteiger partial charge in [-0.05, 0) is 44.7 Å². The Bertz CT molecular complexity index is 148. The largest absolute Gasteiger partial charge is 0.298 e. The lowest BCUT2D eigenvalue weighted by Gasteiger charge is -1.98. The molecule has 0 fully saturated rings. The molecule has 0 aromatic rings. The molecule has 0 aliphatic carbocycles. The smallest absolute Gasteiger partial charge is 0.147 e. The maximum Gasteiger partial charge on any atom is 0.147 e. The van der Waals surface area contributed by atoms with E-state index in [-0.39, 0.29) is 0 Å². The molecule has 0 amide bonds. The van der Waals surface area contributed by atoms with Gasteiger partial charge in [0.25, 0.3) is 0 Å². The quantitative estimate of drug-likeness (QED) is 0.426. The van der Waals surface area contributed by atoms with Gasteiger partial charge in [-0.3, -0.25) is 4.79 Å².